The summed E-state index contributed by atoms with van der Waals surface area (Å²) in [5, 5.41) is 0. The van der Waals surface area contributed by atoms with Gasteiger partial charge in [-0.15, -0.1) is 0 Å². The first-order valence-electron chi connectivity index (χ1n) is 8.20. The van der Waals surface area contributed by atoms with Crippen LogP contribution in [0.2, 0.25) is 0 Å². The lowest BCUT2D eigenvalue weighted by molar-refractivity contribution is -0.119. The molecule has 6 nitrogen and oxygen atoms in total. The van der Waals surface area contributed by atoms with Crippen LogP contribution >= 0.6 is 15.9 Å². The van der Waals surface area contributed by atoms with Crippen molar-refractivity contribution in [2.24, 2.45) is 5.92 Å². The van der Waals surface area contributed by atoms with Crippen LogP contribution in [-0.2, 0) is 4.79 Å². The fraction of sp³-hybridized carbons (Fsp3) is 0.211. The van der Waals surface area contributed by atoms with Gasteiger partial charge in [0.1, 0.15) is 0 Å². The lowest BCUT2D eigenvalue weighted by Crippen LogP contribution is -2.42. The highest BCUT2D eigenvalue weighted by Crippen LogP contribution is 2.33. The monoisotopic (exact) mass is 415 g/mol. The number of anilines is 1. The number of rotatable bonds is 4. The molecule has 1 aliphatic rings. The zero-order valence-corrected chi connectivity index (χ0v) is 15.7. The Hall–Kier alpha value is -2.67. The van der Waals surface area contributed by atoms with Gasteiger partial charge in [-0.3, -0.25) is 25.2 Å². The summed E-state index contributed by atoms with van der Waals surface area (Å²) in [6.07, 6.45) is 1.78. The lowest BCUT2D eigenvalue weighted by Gasteiger charge is -2.20. The van der Waals surface area contributed by atoms with Crippen molar-refractivity contribution in [1.82, 2.24) is 10.9 Å². The van der Waals surface area contributed by atoms with Gasteiger partial charge in [-0.25, -0.2) is 0 Å². The van der Waals surface area contributed by atoms with E-state index in [1.807, 2.05) is 0 Å². The van der Waals surface area contributed by atoms with Crippen LogP contribution in [0.3, 0.4) is 0 Å². The minimum atomic E-state index is -0.485. The number of nitrogens with zero attached hydrogens (tertiary/aromatic N) is 1. The summed E-state index contributed by atoms with van der Waals surface area (Å²) in [6, 6.07) is 13.6. The van der Waals surface area contributed by atoms with Crippen LogP contribution in [0.4, 0.5) is 5.69 Å². The molecule has 26 heavy (non-hydrogen) atoms. The van der Waals surface area contributed by atoms with Crippen molar-refractivity contribution in [1.29, 1.82) is 0 Å². The molecule has 134 valence electrons. The first-order valence-corrected chi connectivity index (χ1v) is 8.99. The molecule has 0 unspecified atom stereocenters. The third-order valence-corrected chi connectivity index (χ3v) is 4.69. The second-order valence-corrected chi connectivity index (χ2v) is 7.02. The maximum Gasteiger partial charge on any atom is 0.271 e. The molecule has 0 bridgehead atoms. The summed E-state index contributed by atoms with van der Waals surface area (Å²) >= 11 is 3.30. The molecule has 1 fully saturated rings. The molecule has 0 aromatic heterocycles. The van der Waals surface area contributed by atoms with Crippen molar-refractivity contribution in [3.8, 4) is 0 Å². The van der Waals surface area contributed by atoms with Gasteiger partial charge in [-0.05, 0) is 49.2 Å². The summed E-state index contributed by atoms with van der Waals surface area (Å²) in [4.78, 5) is 38.4. The average molecular weight is 416 g/mol. The predicted molar refractivity (Wildman–Crippen MR) is 102 cm³/mol. The van der Waals surface area contributed by atoms with E-state index in [1.165, 1.54) is 4.90 Å². The number of carbonyl (C=O) groups is 3. The van der Waals surface area contributed by atoms with Gasteiger partial charge in [0.05, 0.1) is 11.3 Å². The molecule has 3 rings (SSSR count). The number of nitrogens with one attached hydrogen (secondary N) is 2. The second-order valence-electron chi connectivity index (χ2n) is 6.10. The van der Waals surface area contributed by atoms with E-state index in [0.717, 1.165) is 17.3 Å². The summed E-state index contributed by atoms with van der Waals surface area (Å²) < 4.78 is 0.857. The maximum atomic E-state index is 12.5. The standard InChI is InChI=1S/C19H18BrN3O3/c1-23(19(26)13-6-7-13)16-5-3-2-4-15(16)18(25)22-21-17(24)12-8-10-14(20)11-9-12/h2-5,8-11,13H,6-7H2,1H3,(H,21,24)(H,22,25). The van der Waals surface area contributed by atoms with Crippen molar-refractivity contribution in [3.63, 3.8) is 0 Å². The number of amides is 3. The zero-order chi connectivity index (χ0) is 18.7. The molecule has 0 radical (unpaired) electrons. The van der Waals surface area contributed by atoms with Crippen molar-refractivity contribution in [3.05, 3.63) is 64.1 Å². The van der Waals surface area contributed by atoms with E-state index in [9.17, 15) is 14.4 Å². The molecule has 7 heteroatoms. The molecule has 1 aliphatic carbocycles. The highest BCUT2D eigenvalue weighted by molar-refractivity contribution is 9.10. The minimum Gasteiger partial charge on any atom is -0.314 e. The normalized spacial score (nSPS) is 13.0. The average Bonchev–Trinajstić information content (AvgIpc) is 3.50. The van der Waals surface area contributed by atoms with Gasteiger partial charge in [0.25, 0.3) is 11.8 Å². The molecular formula is C19H18BrN3O3. The Morgan fingerprint density at radius 2 is 1.58 bits per heavy atom. The van der Waals surface area contributed by atoms with Gasteiger partial charge >= 0.3 is 0 Å². The molecule has 2 aromatic rings. The maximum absolute atomic E-state index is 12.5. The number of hydrazine groups is 1. The molecule has 3 amide bonds. The summed E-state index contributed by atoms with van der Waals surface area (Å²) in [6.45, 7) is 0. The second kappa shape index (κ2) is 7.70. The smallest absolute Gasteiger partial charge is 0.271 e. The first-order chi connectivity index (χ1) is 12.5. The molecule has 0 heterocycles. The van der Waals surface area contributed by atoms with Crippen LogP contribution < -0.4 is 15.8 Å². The van der Waals surface area contributed by atoms with E-state index in [-0.39, 0.29) is 11.8 Å². The third-order valence-electron chi connectivity index (χ3n) is 4.16. The van der Waals surface area contributed by atoms with Crippen molar-refractivity contribution >= 4 is 39.3 Å². The molecule has 0 atom stereocenters. The Balaban J connectivity index is 1.69. The van der Waals surface area contributed by atoms with Crippen LogP contribution in [0.25, 0.3) is 0 Å². The van der Waals surface area contributed by atoms with Crippen molar-refractivity contribution in [2.45, 2.75) is 12.8 Å². The fourth-order valence-corrected chi connectivity index (χ4v) is 2.80. The molecule has 0 aliphatic heterocycles. The van der Waals surface area contributed by atoms with Crippen LogP contribution in [0.5, 0.6) is 0 Å². The number of carbonyl (C=O) groups excluding carboxylic acids is 3. The van der Waals surface area contributed by atoms with Crippen molar-refractivity contribution in [2.75, 3.05) is 11.9 Å². The molecule has 0 saturated heterocycles. The van der Waals surface area contributed by atoms with Crippen molar-refractivity contribution < 1.29 is 14.4 Å². The Morgan fingerprint density at radius 3 is 2.23 bits per heavy atom. The van der Waals surface area contributed by atoms with E-state index in [4.69, 9.17) is 0 Å². The Morgan fingerprint density at radius 1 is 0.962 bits per heavy atom. The van der Waals surface area contributed by atoms with Gasteiger partial charge in [0.2, 0.25) is 5.91 Å². The number of benzene rings is 2. The Labute approximate surface area is 159 Å². The topological polar surface area (TPSA) is 78.5 Å². The summed E-state index contributed by atoms with van der Waals surface area (Å²) in [5.41, 5.74) is 6.05. The molecule has 2 aromatic carbocycles. The number of para-hydroxylation sites is 1. The van der Waals surface area contributed by atoms with Crippen LogP contribution in [0, 0.1) is 5.92 Å². The molecule has 2 N–H and O–H groups in total. The molecular weight excluding hydrogens is 398 g/mol. The largest absolute Gasteiger partial charge is 0.314 e. The van der Waals surface area contributed by atoms with E-state index in [0.29, 0.717) is 16.8 Å². The Bertz CT molecular complexity index is 847. The van der Waals surface area contributed by atoms with Gasteiger partial charge in [0, 0.05) is 23.0 Å². The fourth-order valence-electron chi connectivity index (χ4n) is 2.54. The highest BCUT2D eigenvalue weighted by Gasteiger charge is 2.33. The quantitative estimate of drug-likeness (QED) is 0.753. The van der Waals surface area contributed by atoms with Gasteiger partial charge in [0.15, 0.2) is 0 Å². The third kappa shape index (κ3) is 4.11. The highest BCUT2D eigenvalue weighted by atomic mass is 79.9. The van der Waals surface area contributed by atoms with Gasteiger partial charge < -0.3 is 4.90 Å². The molecule has 0 spiro atoms. The van der Waals surface area contributed by atoms with Gasteiger partial charge in [-0.1, -0.05) is 28.1 Å². The zero-order valence-electron chi connectivity index (χ0n) is 14.2. The number of hydrogen-bond donors (Lipinski definition) is 2. The van der Waals surface area contributed by atoms with E-state index in [1.54, 1.807) is 55.6 Å². The van der Waals surface area contributed by atoms with E-state index < -0.39 is 11.8 Å². The minimum absolute atomic E-state index is 0.00384. The molecule has 1 saturated carbocycles. The summed E-state index contributed by atoms with van der Waals surface area (Å²) in [7, 11) is 1.66. The predicted octanol–water partition coefficient (Wildman–Crippen LogP) is 2.90. The van der Waals surface area contributed by atoms with Crippen LogP contribution in [0.1, 0.15) is 33.6 Å². The SMILES string of the molecule is CN(C(=O)C1CC1)c1ccccc1C(=O)NNC(=O)c1ccc(Br)cc1. The summed E-state index contributed by atoms with van der Waals surface area (Å²) in [5.74, 6) is -0.857. The number of hydrogen-bond acceptors (Lipinski definition) is 3. The van der Waals surface area contributed by atoms with Gasteiger partial charge in [-0.2, -0.15) is 0 Å². The first kappa shape index (κ1) is 18.1. The van der Waals surface area contributed by atoms with E-state index >= 15 is 0 Å². The number of halogens is 1. The van der Waals surface area contributed by atoms with Crippen LogP contribution in [0.15, 0.2) is 53.0 Å². The lowest BCUT2D eigenvalue weighted by atomic mass is 10.1. The Kier molecular flexibility index (Phi) is 5.37. The van der Waals surface area contributed by atoms with E-state index in [2.05, 4.69) is 26.8 Å². The van der Waals surface area contributed by atoms with Crippen LogP contribution in [-0.4, -0.2) is 24.8 Å².